The summed E-state index contributed by atoms with van der Waals surface area (Å²) in [6.07, 6.45) is 5.03. The number of hydrogen-bond acceptors (Lipinski definition) is 3. The molecule has 0 fully saturated rings. The summed E-state index contributed by atoms with van der Waals surface area (Å²) in [5.74, 6) is -1.41. The van der Waals surface area contributed by atoms with E-state index in [0.29, 0.717) is 22.0 Å². The van der Waals surface area contributed by atoms with Crippen molar-refractivity contribution in [3.63, 3.8) is 0 Å². The lowest BCUT2D eigenvalue weighted by atomic mass is 10.0. The van der Waals surface area contributed by atoms with Crippen LogP contribution in [0.5, 0.6) is 5.88 Å². The van der Waals surface area contributed by atoms with Gasteiger partial charge in [-0.2, -0.15) is 5.10 Å². The molecule has 5 aromatic rings. The van der Waals surface area contributed by atoms with Crippen LogP contribution in [0.1, 0.15) is 5.56 Å². The van der Waals surface area contributed by atoms with Gasteiger partial charge in [0.25, 0.3) is 0 Å². The molecule has 0 aliphatic carbocycles. The zero-order valence-electron chi connectivity index (χ0n) is 15.5. The minimum absolute atomic E-state index is 0.0713. The third-order valence-corrected chi connectivity index (χ3v) is 5.05. The predicted molar refractivity (Wildman–Crippen MR) is 107 cm³/mol. The van der Waals surface area contributed by atoms with Crippen LogP contribution in [0.15, 0.2) is 61.1 Å². The van der Waals surface area contributed by atoms with Gasteiger partial charge in [-0.1, -0.05) is 6.07 Å². The quantitative estimate of drug-likeness (QED) is 0.489. The molecule has 3 aromatic heterocycles. The van der Waals surface area contributed by atoms with Crippen molar-refractivity contribution >= 4 is 21.8 Å². The number of aryl methyl sites for hydroxylation is 1. The fraction of sp³-hybridized carbons (Fsp3) is 0.0909. The van der Waals surface area contributed by atoms with Gasteiger partial charge in [-0.25, -0.2) is 8.78 Å². The summed E-state index contributed by atoms with van der Waals surface area (Å²) in [4.78, 5) is 4.15. The number of aromatic nitrogens is 4. The molecule has 0 saturated heterocycles. The smallest absolute Gasteiger partial charge is 0.201 e. The zero-order chi connectivity index (χ0) is 20.1. The second-order valence-corrected chi connectivity index (χ2v) is 7.01. The van der Waals surface area contributed by atoms with Crippen LogP contribution in [0, 0.1) is 11.6 Å². The molecule has 1 N–H and O–H groups in total. The summed E-state index contributed by atoms with van der Waals surface area (Å²) in [5.41, 5.74) is 2.41. The van der Waals surface area contributed by atoms with Gasteiger partial charge in [0.2, 0.25) is 5.88 Å². The molecule has 0 bridgehead atoms. The van der Waals surface area contributed by atoms with Gasteiger partial charge in [0, 0.05) is 36.6 Å². The van der Waals surface area contributed by atoms with Crippen molar-refractivity contribution in [2.75, 3.05) is 0 Å². The van der Waals surface area contributed by atoms with E-state index in [1.165, 1.54) is 16.7 Å². The third-order valence-electron chi connectivity index (χ3n) is 5.05. The molecular formula is C22H16F2N4O. The van der Waals surface area contributed by atoms with E-state index in [9.17, 15) is 13.9 Å². The van der Waals surface area contributed by atoms with E-state index in [0.717, 1.165) is 10.9 Å². The maximum absolute atomic E-state index is 14.8. The summed E-state index contributed by atoms with van der Waals surface area (Å²) in [5, 5.41) is 16.1. The van der Waals surface area contributed by atoms with Crippen molar-refractivity contribution < 1.29 is 13.9 Å². The lowest BCUT2D eigenvalue weighted by molar-refractivity contribution is 0.425. The molecule has 5 rings (SSSR count). The van der Waals surface area contributed by atoms with Gasteiger partial charge < -0.3 is 9.67 Å². The molecule has 5 nitrogen and oxygen atoms in total. The standard InChI is InChI=1S/C22H16F2N4O/c1-27-10-15-7-13(4-5-20(15)26-27)14-8-18(23)17(19(24)9-14)11-28-12-21-16(22(28)29)3-2-6-25-21/h2-10,12,29H,11H2,1H3. The van der Waals surface area contributed by atoms with Crippen molar-refractivity contribution in [1.82, 2.24) is 19.3 Å². The fourth-order valence-corrected chi connectivity index (χ4v) is 3.61. The molecule has 0 aliphatic heterocycles. The van der Waals surface area contributed by atoms with E-state index in [-0.39, 0.29) is 18.0 Å². The Bertz CT molecular complexity index is 1360. The molecule has 0 aliphatic rings. The summed E-state index contributed by atoms with van der Waals surface area (Å²) < 4.78 is 32.7. The second kappa shape index (κ2) is 6.41. The molecule has 144 valence electrons. The van der Waals surface area contributed by atoms with Gasteiger partial charge in [-0.3, -0.25) is 9.67 Å². The van der Waals surface area contributed by atoms with Crippen LogP contribution in [-0.4, -0.2) is 24.4 Å². The largest absolute Gasteiger partial charge is 0.494 e. The van der Waals surface area contributed by atoms with Crippen molar-refractivity contribution in [3.8, 4) is 17.0 Å². The van der Waals surface area contributed by atoms with Crippen LogP contribution in [0.25, 0.3) is 32.9 Å². The lowest BCUT2D eigenvalue weighted by Gasteiger charge is -2.10. The minimum Gasteiger partial charge on any atom is -0.494 e. The molecule has 0 radical (unpaired) electrons. The number of halogens is 2. The van der Waals surface area contributed by atoms with E-state index in [2.05, 4.69) is 10.1 Å². The minimum atomic E-state index is -0.670. The van der Waals surface area contributed by atoms with Crippen molar-refractivity contribution in [3.05, 3.63) is 78.3 Å². The Morgan fingerprint density at radius 3 is 2.52 bits per heavy atom. The number of rotatable bonds is 3. The molecule has 0 unspecified atom stereocenters. The van der Waals surface area contributed by atoms with Crippen LogP contribution in [0.4, 0.5) is 8.78 Å². The molecule has 7 heteroatoms. The number of pyridine rings is 1. The monoisotopic (exact) mass is 390 g/mol. The Morgan fingerprint density at radius 1 is 0.966 bits per heavy atom. The van der Waals surface area contributed by atoms with E-state index >= 15 is 0 Å². The van der Waals surface area contributed by atoms with Gasteiger partial charge in [0.15, 0.2) is 0 Å². The normalized spacial score (nSPS) is 11.6. The first-order chi connectivity index (χ1) is 14.0. The second-order valence-electron chi connectivity index (χ2n) is 7.01. The summed E-state index contributed by atoms with van der Waals surface area (Å²) >= 11 is 0. The van der Waals surface area contributed by atoms with Crippen LogP contribution in [-0.2, 0) is 13.6 Å². The van der Waals surface area contributed by atoms with E-state index < -0.39 is 11.6 Å². The van der Waals surface area contributed by atoms with Crippen molar-refractivity contribution in [1.29, 1.82) is 0 Å². The average Bonchev–Trinajstić information content (AvgIpc) is 3.23. The number of nitrogens with zero attached hydrogens (tertiary/aromatic N) is 4. The molecule has 0 amide bonds. The predicted octanol–water partition coefficient (Wildman–Crippen LogP) is 4.62. The van der Waals surface area contributed by atoms with Crippen LogP contribution >= 0.6 is 0 Å². The van der Waals surface area contributed by atoms with Crippen LogP contribution in [0.3, 0.4) is 0 Å². The maximum atomic E-state index is 14.8. The summed E-state index contributed by atoms with van der Waals surface area (Å²) in [6.45, 7) is -0.137. The number of aromatic hydroxyl groups is 1. The average molecular weight is 390 g/mol. The number of benzene rings is 2. The summed E-state index contributed by atoms with van der Waals surface area (Å²) in [6, 6.07) is 11.5. The van der Waals surface area contributed by atoms with E-state index in [1.807, 2.05) is 25.4 Å². The molecule has 2 aromatic carbocycles. The third kappa shape index (κ3) is 2.91. The zero-order valence-corrected chi connectivity index (χ0v) is 15.5. The molecule has 0 spiro atoms. The Balaban J connectivity index is 1.54. The fourth-order valence-electron chi connectivity index (χ4n) is 3.61. The van der Waals surface area contributed by atoms with Crippen molar-refractivity contribution in [2.45, 2.75) is 6.54 Å². The van der Waals surface area contributed by atoms with Gasteiger partial charge in [-0.15, -0.1) is 0 Å². The Kier molecular flexibility index (Phi) is 3.84. The lowest BCUT2D eigenvalue weighted by Crippen LogP contribution is -2.04. The highest BCUT2D eigenvalue weighted by atomic mass is 19.1. The van der Waals surface area contributed by atoms with Crippen LogP contribution in [0.2, 0.25) is 0 Å². The molecular weight excluding hydrogens is 374 g/mol. The number of fused-ring (bicyclic) bond motifs is 2. The first-order valence-corrected chi connectivity index (χ1v) is 9.04. The topological polar surface area (TPSA) is 55.9 Å². The number of hydrogen-bond donors (Lipinski definition) is 1. The molecule has 29 heavy (non-hydrogen) atoms. The molecule has 0 atom stereocenters. The Hall–Kier alpha value is -3.74. The van der Waals surface area contributed by atoms with Gasteiger partial charge in [-0.05, 0) is 47.5 Å². The highest BCUT2D eigenvalue weighted by Crippen LogP contribution is 2.30. The highest BCUT2D eigenvalue weighted by molar-refractivity contribution is 5.85. The van der Waals surface area contributed by atoms with E-state index in [4.69, 9.17) is 0 Å². The Labute approximate surface area is 164 Å². The maximum Gasteiger partial charge on any atom is 0.201 e. The Morgan fingerprint density at radius 2 is 1.76 bits per heavy atom. The van der Waals surface area contributed by atoms with E-state index in [1.54, 1.807) is 35.3 Å². The summed E-state index contributed by atoms with van der Waals surface area (Å²) in [7, 11) is 1.82. The van der Waals surface area contributed by atoms with Crippen LogP contribution < -0.4 is 0 Å². The molecule has 3 heterocycles. The van der Waals surface area contributed by atoms with Gasteiger partial charge in [0.1, 0.15) is 11.6 Å². The van der Waals surface area contributed by atoms with Crippen molar-refractivity contribution in [2.24, 2.45) is 7.05 Å². The SMILES string of the molecule is Cn1cc2cc(-c3cc(F)c(Cn4cc5ncccc5c4O)c(F)c3)ccc2n1. The first kappa shape index (κ1) is 17.4. The highest BCUT2D eigenvalue weighted by Gasteiger charge is 2.16. The first-order valence-electron chi connectivity index (χ1n) is 9.04. The van der Waals surface area contributed by atoms with Gasteiger partial charge >= 0.3 is 0 Å². The molecule has 0 saturated carbocycles. The van der Waals surface area contributed by atoms with Gasteiger partial charge in [0.05, 0.1) is 23.0 Å².